The summed E-state index contributed by atoms with van der Waals surface area (Å²) in [5.41, 5.74) is 0. The van der Waals surface area contributed by atoms with Crippen LogP contribution in [0.4, 0.5) is 0 Å². The zero-order chi connectivity index (χ0) is 7.70. The fraction of sp³-hybridized carbons (Fsp3) is 1.00. The molecule has 0 saturated carbocycles. The van der Waals surface area contributed by atoms with E-state index in [1.54, 1.807) is 0 Å². The molecule has 0 bridgehead atoms. The van der Waals surface area contributed by atoms with E-state index in [2.05, 4.69) is 41.0 Å². The van der Waals surface area contributed by atoms with Gasteiger partial charge in [0.05, 0.1) is 0 Å². The SMILES string of the molecule is CCCC(C)C.[Cl][Cu][Cl]. The van der Waals surface area contributed by atoms with E-state index in [-0.39, 0.29) is 0 Å². The maximum atomic E-state index is 4.67. The van der Waals surface area contributed by atoms with Crippen molar-refractivity contribution in [2.75, 3.05) is 0 Å². The van der Waals surface area contributed by atoms with E-state index < -0.39 is 0 Å². The van der Waals surface area contributed by atoms with Crippen molar-refractivity contribution in [1.82, 2.24) is 0 Å². The van der Waals surface area contributed by atoms with Crippen LogP contribution < -0.4 is 0 Å². The minimum absolute atomic E-state index is 0.757. The Kier molecular flexibility index (Phi) is 16.8. The fourth-order valence-corrected chi connectivity index (χ4v) is 0.577. The summed E-state index contributed by atoms with van der Waals surface area (Å²) in [5, 5.41) is 0. The van der Waals surface area contributed by atoms with Gasteiger partial charge in [0.25, 0.3) is 0 Å². The molecule has 0 spiro atoms. The summed E-state index contributed by atoms with van der Waals surface area (Å²) in [6.07, 6.45) is 2.71. The summed E-state index contributed by atoms with van der Waals surface area (Å²) in [6.45, 7) is 6.73. The Bertz CT molecular complexity index is 40.0. The van der Waals surface area contributed by atoms with Gasteiger partial charge in [-0.2, -0.15) is 0 Å². The van der Waals surface area contributed by atoms with Gasteiger partial charge in [0.15, 0.2) is 0 Å². The summed E-state index contributed by atoms with van der Waals surface area (Å²) in [4.78, 5) is 0. The predicted octanol–water partition coefficient (Wildman–Crippen LogP) is 3.82. The number of halogens is 2. The molecule has 0 aliphatic heterocycles. The van der Waals surface area contributed by atoms with Gasteiger partial charge in [0, 0.05) is 0 Å². The second-order valence-corrected chi connectivity index (χ2v) is 3.78. The Labute approximate surface area is 72.9 Å². The van der Waals surface area contributed by atoms with Crippen LogP contribution in [-0.2, 0) is 13.1 Å². The second-order valence-electron chi connectivity index (χ2n) is 2.23. The standard InChI is InChI=1S/C6H14.2ClH.Cu/c1-4-5-6(2)3;;;/h6H,4-5H2,1-3H3;2*1H;/q;;;+2/p-2. The Morgan fingerprint density at radius 3 is 1.67 bits per heavy atom. The third kappa shape index (κ3) is 27.3. The maximum absolute atomic E-state index is 4.67. The molecule has 0 fully saturated rings. The number of hydrogen-bond donors (Lipinski definition) is 0. The zero-order valence-electron chi connectivity index (χ0n) is 6.05. The molecule has 0 heterocycles. The average Bonchev–Trinajstić information content (AvgIpc) is 1.67. The molecule has 0 unspecified atom stereocenters. The van der Waals surface area contributed by atoms with Crippen LogP contribution in [0.15, 0.2) is 0 Å². The molecule has 0 aromatic rings. The van der Waals surface area contributed by atoms with E-state index in [1.165, 1.54) is 12.8 Å². The molecule has 0 aliphatic carbocycles. The van der Waals surface area contributed by atoms with Crippen molar-refractivity contribution < 1.29 is 13.1 Å². The van der Waals surface area contributed by atoms with Gasteiger partial charge in [0.2, 0.25) is 0 Å². The van der Waals surface area contributed by atoms with Gasteiger partial charge in [0.1, 0.15) is 0 Å². The molecule has 0 N–H and O–H groups in total. The van der Waals surface area contributed by atoms with Gasteiger partial charge in [-0.1, -0.05) is 33.6 Å². The van der Waals surface area contributed by atoms with Gasteiger partial charge in [-0.15, -0.1) is 0 Å². The molecular formula is C6H14Cl2Cu. The first-order valence-electron chi connectivity index (χ1n) is 3.00. The molecule has 0 nitrogen and oxygen atoms in total. The Morgan fingerprint density at radius 2 is 1.67 bits per heavy atom. The van der Waals surface area contributed by atoms with Crippen LogP contribution in [0.25, 0.3) is 0 Å². The van der Waals surface area contributed by atoms with Crippen molar-refractivity contribution in [3.05, 3.63) is 0 Å². The first-order valence-corrected chi connectivity index (χ1v) is 5.59. The molecule has 63 valence electrons. The van der Waals surface area contributed by atoms with Crippen LogP contribution in [0.2, 0.25) is 0 Å². The fourth-order valence-electron chi connectivity index (χ4n) is 0.577. The predicted molar refractivity (Wildman–Crippen MR) is 41.5 cm³/mol. The van der Waals surface area contributed by atoms with Crippen molar-refractivity contribution in [2.24, 2.45) is 5.92 Å². The van der Waals surface area contributed by atoms with E-state index in [9.17, 15) is 0 Å². The third-order valence-corrected chi connectivity index (χ3v) is 0.866. The van der Waals surface area contributed by atoms with Crippen LogP contribution in [-0.4, -0.2) is 0 Å². The van der Waals surface area contributed by atoms with Crippen molar-refractivity contribution in [3.8, 4) is 0 Å². The summed E-state index contributed by atoms with van der Waals surface area (Å²) in [7, 11) is 9.34. The van der Waals surface area contributed by atoms with Gasteiger partial charge in [-0.25, -0.2) is 0 Å². The Hall–Kier alpha value is 1.10. The molecule has 0 atom stereocenters. The van der Waals surface area contributed by atoms with Crippen molar-refractivity contribution in [1.29, 1.82) is 0 Å². The van der Waals surface area contributed by atoms with E-state index in [0.717, 1.165) is 19.1 Å². The van der Waals surface area contributed by atoms with Crippen LogP contribution in [0.1, 0.15) is 33.6 Å². The average molecular weight is 221 g/mol. The molecule has 0 amide bonds. The molecule has 9 heavy (non-hydrogen) atoms. The van der Waals surface area contributed by atoms with E-state index in [1.807, 2.05) is 0 Å². The van der Waals surface area contributed by atoms with Gasteiger partial charge in [-0.05, 0) is 5.92 Å². The topological polar surface area (TPSA) is 0 Å². The van der Waals surface area contributed by atoms with Gasteiger partial charge >= 0.3 is 33.3 Å². The molecular weight excluding hydrogens is 207 g/mol. The molecule has 0 aromatic carbocycles. The van der Waals surface area contributed by atoms with Gasteiger partial charge in [-0.3, -0.25) is 0 Å². The molecule has 0 saturated heterocycles. The second kappa shape index (κ2) is 11.8. The summed E-state index contributed by atoms with van der Waals surface area (Å²) in [5.74, 6) is 0.898. The molecule has 0 aromatic heterocycles. The first kappa shape index (κ1) is 12.7. The molecule has 0 rings (SSSR count). The number of rotatable bonds is 2. The van der Waals surface area contributed by atoms with Crippen LogP contribution in [0.5, 0.6) is 0 Å². The quantitative estimate of drug-likeness (QED) is 0.621. The monoisotopic (exact) mass is 219 g/mol. The normalized spacial score (nSPS) is 9.11. The van der Waals surface area contributed by atoms with Crippen molar-refractivity contribution in [3.63, 3.8) is 0 Å². The minimum atomic E-state index is 0.757. The first-order chi connectivity index (χ1) is 4.18. The van der Waals surface area contributed by atoms with Crippen molar-refractivity contribution in [2.45, 2.75) is 33.6 Å². The van der Waals surface area contributed by atoms with E-state index in [4.69, 9.17) is 0 Å². The summed E-state index contributed by atoms with van der Waals surface area (Å²) < 4.78 is 0. The van der Waals surface area contributed by atoms with Crippen LogP contribution >= 0.6 is 20.2 Å². The summed E-state index contributed by atoms with van der Waals surface area (Å²) >= 11 is 0.757. The third-order valence-electron chi connectivity index (χ3n) is 0.866. The Balaban J connectivity index is 0. The van der Waals surface area contributed by atoms with E-state index >= 15 is 0 Å². The zero-order valence-corrected chi connectivity index (χ0v) is 8.50. The molecule has 3 heteroatoms. The van der Waals surface area contributed by atoms with Gasteiger partial charge < -0.3 is 0 Å². The van der Waals surface area contributed by atoms with E-state index in [0.29, 0.717) is 0 Å². The van der Waals surface area contributed by atoms with Crippen LogP contribution in [0, 0.1) is 5.92 Å². The summed E-state index contributed by atoms with van der Waals surface area (Å²) in [6, 6.07) is 0. The Morgan fingerprint density at radius 1 is 1.33 bits per heavy atom. The number of hydrogen-bond acceptors (Lipinski definition) is 0. The molecule has 0 aliphatic rings. The molecule has 0 radical (unpaired) electrons. The van der Waals surface area contributed by atoms with Crippen molar-refractivity contribution >= 4 is 20.2 Å². The van der Waals surface area contributed by atoms with Crippen LogP contribution in [0.3, 0.4) is 0 Å².